The molecule has 112 valence electrons. The van der Waals surface area contributed by atoms with Gasteiger partial charge in [-0.3, -0.25) is 9.36 Å². The number of methoxy groups -OCH3 is 1. The Morgan fingerprint density at radius 2 is 2.00 bits per heavy atom. The number of aromatic nitrogens is 3. The monoisotopic (exact) mass is 307 g/mol. The van der Waals surface area contributed by atoms with Crippen molar-refractivity contribution in [1.82, 2.24) is 14.8 Å². The second-order valence-corrected chi connectivity index (χ2v) is 5.10. The van der Waals surface area contributed by atoms with Crippen LogP contribution >= 0.6 is 11.8 Å². The van der Waals surface area contributed by atoms with Gasteiger partial charge in [-0.2, -0.15) is 0 Å². The molecular formula is C14H17N3O3S. The summed E-state index contributed by atoms with van der Waals surface area (Å²) in [5.41, 5.74) is 0.924. The summed E-state index contributed by atoms with van der Waals surface area (Å²) in [4.78, 5) is 11.2. The number of esters is 1. The van der Waals surface area contributed by atoms with Crippen molar-refractivity contribution in [3.63, 3.8) is 0 Å². The fourth-order valence-corrected chi connectivity index (χ4v) is 2.60. The van der Waals surface area contributed by atoms with E-state index in [-0.39, 0.29) is 11.7 Å². The van der Waals surface area contributed by atoms with Crippen LogP contribution in [0.1, 0.15) is 12.7 Å². The first kappa shape index (κ1) is 15.4. The van der Waals surface area contributed by atoms with E-state index in [0.717, 1.165) is 17.3 Å². The van der Waals surface area contributed by atoms with Crippen molar-refractivity contribution in [1.29, 1.82) is 0 Å². The first-order valence-corrected chi connectivity index (χ1v) is 7.49. The summed E-state index contributed by atoms with van der Waals surface area (Å²) >= 11 is 1.29. The van der Waals surface area contributed by atoms with Gasteiger partial charge in [0.1, 0.15) is 11.6 Å². The number of aryl methyl sites for hydroxylation is 1. The van der Waals surface area contributed by atoms with Crippen LogP contribution in [0.4, 0.5) is 0 Å². The Kier molecular flexibility index (Phi) is 5.21. The molecule has 2 aromatic rings. The minimum absolute atomic E-state index is 0.200. The molecule has 0 aliphatic carbocycles. The van der Waals surface area contributed by atoms with Crippen molar-refractivity contribution >= 4 is 17.7 Å². The molecule has 0 aliphatic rings. The summed E-state index contributed by atoms with van der Waals surface area (Å²) in [6.07, 6.45) is 0. The average Bonchev–Trinajstić information content (AvgIpc) is 2.87. The summed E-state index contributed by atoms with van der Waals surface area (Å²) in [5.74, 6) is 1.48. The topological polar surface area (TPSA) is 66.2 Å². The Labute approximate surface area is 127 Å². The van der Waals surface area contributed by atoms with E-state index in [4.69, 9.17) is 4.74 Å². The molecule has 0 aliphatic heterocycles. The van der Waals surface area contributed by atoms with Gasteiger partial charge < -0.3 is 9.47 Å². The van der Waals surface area contributed by atoms with E-state index >= 15 is 0 Å². The third-order valence-electron chi connectivity index (χ3n) is 2.75. The van der Waals surface area contributed by atoms with Crippen LogP contribution in [0.2, 0.25) is 0 Å². The lowest BCUT2D eigenvalue weighted by Gasteiger charge is -2.09. The van der Waals surface area contributed by atoms with E-state index < -0.39 is 0 Å². The number of ether oxygens (including phenoxy) is 2. The molecule has 6 nitrogen and oxygen atoms in total. The van der Waals surface area contributed by atoms with Gasteiger partial charge in [0.2, 0.25) is 0 Å². The molecule has 0 saturated heterocycles. The maximum absolute atomic E-state index is 11.2. The molecular weight excluding hydrogens is 290 g/mol. The van der Waals surface area contributed by atoms with E-state index in [9.17, 15) is 4.79 Å². The Bertz CT molecular complexity index is 610. The van der Waals surface area contributed by atoms with Gasteiger partial charge in [-0.1, -0.05) is 11.8 Å². The normalized spacial score (nSPS) is 10.4. The second kappa shape index (κ2) is 7.12. The molecule has 1 aromatic carbocycles. The highest BCUT2D eigenvalue weighted by molar-refractivity contribution is 7.99. The van der Waals surface area contributed by atoms with Crippen molar-refractivity contribution < 1.29 is 14.3 Å². The molecule has 0 bridgehead atoms. The van der Waals surface area contributed by atoms with Gasteiger partial charge in [0.15, 0.2) is 5.16 Å². The van der Waals surface area contributed by atoms with Gasteiger partial charge in [-0.05, 0) is 38.1 Å². The van der Waals surface area contributed by atoms with E-state index in [1.807, 2.05) is 42.7 Å². The van der Waals surface area contributed by atoms with Crippen molar-refractivity contribution in [2.75, 3.05) is 19.5 Å². The minimum atomic E-state index is -0.293. The zero-order valence-corrected chi connectivity index (χ0v) is 13.0. The number of hydrogen-bond donors (Lipinski definition) is 0. The second-order valence-electron chi connectivity index (χ2n) is 4.16. The van der Waals surface area contributed by atoms with Crippen LogP contribution in [0.25, 0.3) is 5.69 Å². The van der Waals surface area contributed by atoms with Crippen molar-refractivity contribution in [2.45, 2.75) is 19.0 Å². The van der Waals surface area contributed by atoms with Crippen LogP contribution < -0.4 is 4.74 Å². The molecule has 0 saturated carbocycles. The number of thioether (sulfide) groups is 1. The molecule has 0 amide bonds. The zero-order valence-electron chi connectivity index (χ0n) is 12.2. The van der Waals surface area contributed by atoms with E-state index in [0.29, 0.717) is 11.8 Å². The van der Waals surface area contributed by atoms with Crippen molar-refractivity contribution in [3.8, 4) is 11.4 Å². The summed E-state index contributed by atoms with van der Waals surface area (Å²) < 4.78 is 12.0. The van der Waals surface area contributed by atoms with Crippen LogP contribution in [0.15, 0.2) is 29.4 Å². The van der Waals surface area contributed by atoms with E-state index in [2.05, 4.69) is 14.9 Å². The Morgan fingerprint density at radius 1 is 1.29 bits per heavy atom. The average molecular weight is 307 g/mol. The number of nitrogens with zero attached hydrogens (tertiary/aromatic N) is 3. The molecule has 1 heterocycles. The highest BCUT2D eigenvalue weighted by Gasteiger charge is 2.13. The van der Waals surface area contributed by atoms with Crippen LogP contribution in [0.5, 0.6) is 5.75 Å². The molecule has 0 radical (unpaired) electrons. The highest BCUT2D eigenvalue weighted by Crippen LogP contribution is 2.23. The number of carbonyl (C=O) groups is 1. The summed E-state index contributed by atoms with van der Waals surface area (Å²) in [7, 11) is 1.37. The summed E-state index contributed by atoms with van der Waals surface area (Å²) in [6.45, 7) is 4.44. The van der Waals surface area contributed by atoms with Crippen LogP contribution in [0, 0.1) is 6.92 Å². The molecule has 0 fully saturated rings. The third-order valence-corrected chi connectivity index (χ3v) is 3.65. The molecule has 0 spiro atoms. The minimum Gasteiger partial charge on any atom is -0.494 e. The molecule has 7 heteroatoms. The first-order valence-electron chi connectivity index (χ1n) is 6.50. The van der Waals surface area contributed by atoms with Crippen LogP contribution in [-0.4, -0.2) is 40.2 Å². The largest absolute Gasteiger partial charge is 0.494 e. The third kappa shape index (κ3) is 3.75. The van der Waals surface area contributed by atoms with Gasteiger partial charge in [-0.15, -0.1) is 10.2 Å². The van der Waals surface area contributed by atoms with E-state index in [1.165, 1.54) is 18.9 Å². The molecule has 1 aromatic heterocycles. The quantitative estimate of drug-likeness (QED) is 0.602. The summed E-state index contributed by atoms with van der Waals surface area (Å²) in [5, 5.41) is 8.81. The van der Waals surface area contributed by atoms with Crippen molar-refractivity contribution in [2.24, 2.45) is 0 Å². The van der Waals surface area contributed by atoms with Gasteiger partial charge in [0.05, 0.1) is 19.5 Å². The fraction of sp³-hybridized carbons (Fsp3) is 0.357. The van der Waals surface area contributed by atoms with Gasteiger partial charge in [0, 0.05) is 5.69 Å². The number of benzene rings is 1. The Balaban J connectivity index is 2.22. The summed E-state index contributed by atoms with van der Waals surface area (Å²) in [6, 6.07) is 7.66. The lowest BCUT2D eigenvalue weighted by Crippen LogP contribution is -2.05. The Morgan fingerprint density at radius 3 is 2.62 bits per heavy atom. The maximum atomic E-state index is 11.2. The smallest absolute Gasteiger partial charge is 0.316 e. The fourth-order valence-electron chi connectivity index (χ4n) is 1.77. The maximum Gasteiger partial charge on any atom is 0.316 e. The van der Waals surface area contributed by atoms with Gasteiger partial charge in [0.25, 0.3) is 0 Å². The van der Waals surface area contributed by atoms with Gasteiger partial charge in [-0.25, -0.2) is 0 Å². The zero-order chi connectivity index (χ0) is 15.2. The molecule has 0 unspecified atom stereocenters. The van der Waals surface area contributed by atoms with E-state index in [1.54, 1.807) is 0 Å². The standard InChI is InChI=1S/C14H17N3O3S/c1-4-20-12-7-5-11(6-8-12)17-10(2)15-16-14(17)21-9-13(18)19-3/h5-8H,4,9H2,1-3H3. The predicted molar refractivity (Wildman–Crippen MR) is 80.0 cm³/mol. The Hall–Kier alpha value is -2.02. The highest BCUT2D eigenvalue weighted by atomic mass is 32.2. The van der Waals surface area contributed by atoms with Crippen molar-refractivity contribution in [3.05, 3.63) is 30.1 Å². The SMILES string of the molecule is CCOc1ccc(-n2c(C)nnc2SCC(=O)OC)cc1. The predicted octanol–water partition coefficient (Wildman–Crippen LogP) is 2.24. The molecule has 0 N–H and O–H groups in total. The number of rotatable bonds is 6. The lowest BCUT2D eigenvalue weighted by molar-refractivity contribution is -0.137. The molecule has 0 atom stereocenters. The first-order chi connectivity index (χ1) is 10.2. The number of hydrogen-bond acceptors (Lipinski definition) is 6. The van der Waals surface area contributed by atoms with Crippen LogP contribution in [-0.2, 0) is 9.53 Å². The lowest BCUT2D eigenvalue weighted by atomic mass is 10.3. The van der Waals surface area contributed by atoms with Gasteiger partial charge >= 0.3 is 5.97 Å². The molecule has 21 heavy (non-hydrogen) atoms. The van der Waals surface area contributed by atoms with Crippen LogP contribution in [0.3, 0.4) is 0 Å². The number of carbonyl (C=O) groups excluding carboxylic acids is 1. The molecule has 2 rings (SSSR count).